The second kappa shape index (κ2) is 10.4. The molecule has 0 saturated carbocycles. The predicted molar refractivity (Wildman–Crippen MR) is 148 cm³/mol. The Morgan fingerprint density at radius 1 is 1.03 bits per heavy atom. The zero-order valence-electron chi connectivity index (χ0n) is 23.3. The maximum Gasteiger partial charge on any atom is 0.408 e. The Hall–Kier alpha value is -3.81. The third-order valence-electron chi connectivity index (χ3n) is 7.13. The number of benzene rings is 2. The van der Waals surface area contributed by atoms with Crippen molar-refractivity contribution < 1.29 is 23.5 Å². The van der Waals surface area contributed by atoms with E-state index in [9.17, 15) is 9.59 Å². The Bertz CT molecular complexity index is 1470. The number of amides is 2. The number of nitrogens with zero attached hydrogens (tertiary/aromatic N) is 1. The van der Waals surface area contributed by atoms with Crippen molar-refractivity contribution in [3.63, 3.8) is 0 Å². The highest BCUT2D eigenvalue weighted by Gasteiger charge is 2.29. The number of hydrogen-bond donors (Lipinski definition) is 2. The van der Waals surface area contributed by atoms with Crippen molar-refractivity contribution in [3.8, 4) is 5.75 Å². The lowest BCUT2D eigenvalue weighted by Crippen LogP contribution is -2.41. The van der Waals surface area contributed by atoms with E-state index in [0.717, 1.165) is 55.2 Å². The maximum atomic E-state index is 13.4. The van der Waals surface area contributed by atoms with Crippen LogP contribution in [0.5, 0.6) is 5.75 Å². The van der Waals surface area contributed by atoms with Gasteiger partial charge in [0.1, 0.15) is 28.6 Å². The van der Waals surface area contributed by atoms with Gasteiger partial charge in [0.25, 0.3) is 5.91 Å². The van der Waals surface area contributed by atoms with Crippen LogP contribution in [-0.2, 0) is 28.8 Å². The average molecular weight is 532 g/mol. The molecule has 0 bridgehead atoms. The molecule has 8 nitrogen and oxygen atoms in total. The molecule has 2 N–H and O–H groups in total. The summed E-state index contributed by atoms with van der Waals surface area (Å²) < 4.78 is 17.9. The summed E-state index contributed by atoms with van der Waals surface area (Å²) in [6, 6.07) is 12.2. The van der Waals surface area contributed by atoms with Gasteiger partial charge in [-0.05, 0) is 95.9 Å². The summed E-state index contributed by atoms with van der Waals surface area (Å²) in [5.74, 6) is 0.335. The number of rotatable bonds is 4. The molecule has 206 valence electrons. The van der Waals surface area contributed by atoms with Crippen LogP contribution in [0, 0.1) is 0 Å². The largest absolute Gasteiger partial charge is 0.487 e. The fraction of sp³-hybridized carbons (Fsp3) is 0.452. The molecule has 0 fully saturated rings. The number of nitrogens with one attached hydrogen (secondary N) is 2. The summed E-state index contributed by atoms with van der Waals surface area (Å²) in [6.07, 6.45) is 5.10. The van der Waals surface area contributed by atoms with Crippen LogP contribution in [0.3, 0.4) is 0 Å². The number of carbonyl (C=O) groups is 2. The van der Waals surface area contributed by atoms with Gasteiger partial charge in [0.2, 0.25) is 5.55 Å². The molecule has 5 rings (SSSR count). The Kier molecular flexibility index (Phi) is 7.14. The average Bonchev–Trinajstić information content (AvgIpc) is 2.88. The smallest absolute Gasteiger partial charge is 0.408 e. The molecule has 0 radical (unpaired) electrons. The van der Waals surface area contributed by atoms with Crippen LogP contribution in [0.15, 0.2) is 52.0 Å². The van der Waals surface area contributed by atoms with Crippen molar-refractivity contribution in [1.82, 2.24) is 10.7 Å². The Morgan fingerprint density at radius 3 is 2.46 bits per heavy atom. The molecule has 2 amide bonds. The monoisotopic (exact) mass is 531 g/mol. The van der Waals surface area contributed by atoms with Crippen molar-refractivity contribution in [2.24, 2.45) is 5.10 Å². The minimum absolute atomic E-state index is 0.232. The fourth-order valence-electron chi connectivity index (χ4n) is 5.24. The minimum atomic E-state index is -0.997. The van der Waals surface area contributed by atoms with Crippen LogP contribution in [0.4, 0.5) is 4.79 Å². The van der Waals surface area contributed by atoms with Gasteiger partial charge in [-0.15, -0.1) is 5.10 Å². The lowest BCUT2D eigenvalue weighted by molar-refractivity contribution is -0.123. The van der Waals surface area contributed by atoms with Gasteiger partial charge < -0.3 is 19.2 Å². The van der Waals surface area contributed by atoms with Crippen LogP contribution in [-0.4, -0.2) is 23.2 Å². The highest BCUT2D eigenvalue weighted by molar-refractivity contribution is 5.87. The van der Waals surface area contributed by atoms with E-state index < -0.39 is 23.6 Å². The lowest BCUT2D eigenvalue weighted by Gasteiger charge is -2.33. The van der Waals surface area contributed by atoms with E-state index in [0.29, 0.717) is 16.7 Å². The maximum absolute atomic E-state index is 13.4. The van der Waals surface area contributed by atoms with E-state index in [1.165, 1.54) is 11.1 Å². The molecule has 1 aliphatic heterocycles. The first-order valence-electron chi connectivity index (χ1n) is 13.7. The number of hydrogen-bond acceptors (Lipinski definition) is 6. The first-order valence-corrected chi connectivity index (χ1v) is 13.7. The molecule has 0 spiro atoms. The summed E-state index contributed by atoms with van der Waals surface area (Å²) in [5.41, 5.74) is 6.82. The quantitative estimate of drug-likeness (QED) is 0.426. The van der Waals surface area contributed by atoms with Gasteiger partial charge in [-0.25, -0.2) is 10.2 Å². The normalized spacial score (nSPS) is 17.4. The lowest BCUT2D eigenvalue weighted by atomic mass is 9.88. The standard InChI is InChI=1S/C31H37N3O5/c1-30(2,3)39-29(36)32-26(19-11-7-6-8-12-19)27(35)33-34-28-22-14-10-9-13-21(22)23-17-20-15-16-31(4,5)38-24(20)18-25(23)37-28/h6-8,11-12,17-18,26H,9-10,13-16H2,1-5H3,(H,32,36)(H,33,35)/b34-28-/t26-/m0/s1. The molecule has 1 atom stereocenters. The highest BCUT2D eigenvalue weighted by Crippen LogP contribution is 2.38. The van der Waals surface area contributed by atoms with Gasteiger partial charge in [-0.1, -0.05) is 30.3 Å². The number of fused-ring (bicyclic) bond motifs is 4. The molecule has 8 heteroatoms. The first kappa shape index (κ1) is 26.8. The van der Waals surface area contributed by atoms with Crippen LogP contribution >= 0.6 is 0 Å². The summed E-state index contributed by atoms with van der Waals surface area (Å²) in [5, 5.41) is 8.21. The van der Waals surface area contributed by atoms with E-state index in [-0.39, 0.29) is 5.60 Å². The molecule has 0 saturated heterocycles. The summed E-state index contributed by atoms with van der Waals surface area (Å²) in [6.45, 7) is 9.50. The van der Waals surface area contributed by atoms with Crippen LogP contribution < -0.4 is 21.0 Å². The zero-order valence-corrected chi connectivity index (χ0v) is 23.3. The van der Waals surface area contributed by atoms with E-state index in [1.54, 1.807) is 32.9 Å². The van der Waals surface area contributed by atoms with Crippen molar-refractivity contribution >= 4 is 23.0 Å². The number of alkyl carbamates (subject to hydrolysis) is 1. The van der Waals surface area contributed by atoms with E-state index in [4.69, 9.17) is 13.9 Å². The number of carbonyl (C=O) groups excluding carboxylic acids is 2. The van der Waals surface area contributed by atoms with Crippen LogP contribution in [0.1, 0.15) is 82.2 Å². The number of ether oxygens (including phenoxy) is 2. The molecular weight excluding hydrogens is 494 g/mol. The SMILES string of the molecule is CC(C)(C)OC(=O)N[C@H](C(=O)N/N=c1\oc2cc3c(cc2c2c1CCCC2)CCC(C)(C)O3)c1ccccc1. The molecule has 1 aromatic heterocycles. The van der Waals surface area contributed by atoms with Gasteiger partial charge in [0, 0.05) is 17.0 Å². The second-order valence-electron chi connectivity index (χ2n) is 12.0. The topological polar surface area (TPSA) is 102 Å². The van der Waals surface area contributed by atoms with Crippen molar-refractivity contribution in [2.75, 3.05) is 0 Å². The first-order chi connectivity index (χ1) is 18.5. The second-order valence-corrected chi connectivity index (χ2v) is 12.0. The molecule has 0 unspecified atom stereocenters. The van der Waals surface area contributed by atoms with Gasteiger partial charge in [0.15, 0.2) is 0 Å². The summed E-state index contributed by atoms with van der Waals surface area (Å²) in [7, 11) is 0. The molecule has 2 aliphatic rings. The molecule has 2 aromatic carbocycles. The van der Waals surface area contributed by atoms with Gasteiger partial charge in [-0.3, -0.25) is 4.79 Å². The van der Waals surface area contributed by atoms with Gasteiger partial charge in [-0.2, -0.15) is 0 Å². The highest BCUT2D eigenvalue weighted by atomic mass is 16.6. The van der Waals surface area contributed by atoms with Gasteiger partial charge in [0.05, 0.1) is 0 Å². The van der Waals surface area contributed by atoms with Crippen molar-refractivity contribution in [1.29, 1.82) is 0 Å². The molecule has 1 aliphatic carbocycles. The number of aryl methyl sites for hydroxylation is 2. The van der Waals surface area contributed by atoms with E-state index >= 15 is 0 Å². The van der Waals surface area contributed by atoms with Crippen LogP contribution in [0.2, 0.25) is 0 Å². The predicted octanol–water partition coefficient (Wildman–Crippen LogP) is 5.61. The Labute approximate surface area is 228 Å². The van der Waals surface area contributed by atoms with Crippen molar-refractivity contribution in [3.05, 3.63) is 70.3 Å². The molecular formula is C31H37N3O5. The zero-order chi connectivity index (χ0) is 27.8. The summed E-state index contributed by atoms with van der Waals surface area (Å²) >= 11 is 0. The van der Waals surface area contributed by atoms with E-state index in [1.807, 2.05) is 24.3 Å². The van der Waals surface area contributed by atoms with E-state index in [2.05, 4.69) is 35.8 Å². The minimum Gasteiger partial charge on any atom is -0.487 e. The van der Waals surface area contributed by atoms with Crippen molar-refractivity contribution in [2.45, 2.75) is 90.4 Å². The molecule has 2 heterocycles. The van der Waals surface area contributed by atoms with Gasteiger partial charge >= 0.3 is 6.09 Å². The third kappa shape index (κ3) is 6.10. The third-order valence-corrected chi connectivity index (χ3v) is 7.13. The Balaban J connectivity index is 1.50. The molecule has 39 heavy (non-hydrogen) atoms. The van der Waals surface area contributed by atoms with Crippen LogP contribution in [0.25, 0.3) is 11.0 Å². The fourth-order valence-corrected chi connectivity index (χ4v) is 5.24. The molecule has 3 aromatic rings. The summed E-state index contributed by atoms with van der Waals surface area (Å²) in [4.78, 5) is 25.9. The Morgan fingerprint density at radius 2 is 1.74 bits per heavy atom.